The van der Waals surface area contributed by atoms with Crippen molar-refractivity contribution in [3.63, 3.8) is 0 Å². The highest BCUT2D eigenvalue weighted by molar-refractivity contribution is 8.00. The number of rotatable bonds is 5. The summed E-state index contributed by atoms with van der Waals surface area (Å²) in [6, 6.07) is 4.98. The van der Waals surface area contributed by atoms with E-state index in [0.29, 0.717) is 35.6 Å². The van der Waals surface area contributed by atoms with E-state index in [0.717, 1.165) is 56.4 Å². The van der Waals surface area contributed by atoms with E-state index in [2.05, 4.69) is 34.0 Å². The maximum Gasteiger partial charge on any atom is 0.234 e. The molecule has 1 amide bonds. The molecule has 4 aromatic rings. The van der Waals surface area contributed by atoms with Crippen LogP contribution < -0.4 is 10.2 Å². The summed E-state index contributed by atoms with van der Waals surface area (Å²) in [7, 11) is 0. The number of thiophene rings is 1. The average molecular weight is 591 g/mol. The van der Waals surface area contributed by atoms with Gasteiger partial charge in [0.1, 0.15) is 22.0 Å². The smallest absolute Gasteiger partial charge is 0.234 e. The molecule has 8 nitrogen and oxygen atoms in total. The van der Waals surface area contributed by atoms with Crippen LogP contribution in [-0.4, -0.2) is 58.5 Å². The first-order valence-electron chi connectivity index (χ1n) is 12.2. The highest BCUT2D eigenvalue weighted by Gasteiger charge is 2.33. The molecule has 3 aromatic heterocycles. The monoisotopic (exact) mass is 589 g/mol. The molecule has 0 bridgehead atoms. The van der Waals surface area contributed by atoms with Gasteiger partial charge in [-0.15, -0.1) is 11.3 Å². The van der Waals surface area contributed by atoms with Crippen LogP contribution in [0.3, 0.4) is 0 Å². The van der Waals surface area contributed by atoms with Crippen LogP contribution in [0.4, 0.5) is 11.5 Å². The minimum Gasteiger partial charge on any atom is -0.378 e. The standard InChI is InChI=1S/C26H25Cl2N5O3S2/c1-26(2)10-15-16(11-36-26)23(33-5-7-35-8-6-33)32-24-20(15)21-22(38-24)25(30-13-29-21)37-12-19(34)31-18-4-3-14(27)9-17(18)28/h3-4,9,13H,5-8,10-12H2,1-2H3,(H,31,34). The maximum absolute atomic E-state index is 12.7. The van der Waals surface area contributed by atoms with Crippen LogP contribution in [0.15, 0.2) is 29.6 Å². The first-order chi connectivity index (χ1) is 18.3. The Bertz CT molecular complexity index is 1560. The molecule has 198 valence electrons. The highest BCUT2D eigenvalue weighted by Crippen LogP contribution is 2.44. The van der Waals surface area contributed by atoms with Gasteiger partial charge in [-0.05, 0) is 37.6 Å². The molecule has 0 unspecified atom stereocenters. The Morgan fingerprint density at radius 3 is 2.82 bits per heavy atom. The molecule has 1 saturated heterocycles. The second-order valence-corrected chi connectivity index (χ2v) is 12.6. The summed E-state index contributed by atoms with van der Waals surface area (Å²) in [6.07, 6.45) is 2.33. The van der Waals surface area contributed by atoms with Crippen LogP contribution >= 0.6 is 46.3 Å². The molecule has 0 radical (unpaired) electrons. The number of carbonyl (C=O) groups is 1. The molecule has 2 aliphatic heterocycles. The van der Waals surface area contributed by atoms with Crippen LogP contribution in [0, 0.1) is 0 Å². The predicted octanol–water partition coefficient (Wildman–Crippen LogP) is 5.97. The van der Waals surface area contributed by atoms with Gasteiger partial charge in [0.2, 0.25) is 5.91 Å². The van der Waals surface area contributed by atoms with Gasteiger partial charge in [-0.3, -0.25) is 4.79 Å². The lowest BCUT2D eigenvalue weighted by Crippen LogP contribution is -2.39. The summed E-state index contributed by atoms with van der Waals surface area (Å²) in [6.45, 7) is 7.71. The molecule has 0 saturated carbocycles. The fraction of sp³-hybridized carbons (Fsp3) is 0.385. The molecule has 6 rings (SSSR count). The fourth-order valence-corrected chi connectivity index (χ4v) is 7.30. The van der Waals surface area contributed by atoms with Crippen molar-refractivity contribution in [2.45, 2.75) is 37.5 Å². The number of fused-ring (bicyclic) bond motifs is 5. The van der Waals surface area contributed by atoms with Crippen molar-refractivity contribution in [1.29, 1.82) is 0 Å². The molecule has 38 heavy (non-hydrogen) atoms. The average Bonchev–Trinajstić information content (AvgIpc) is 3.28. The van der Waals surface area contributed by atoms with Crippen LogP contribution in [0.5, 0.6) is 0 Å². The molecule has 2 aliphatic rings. The third-order valence-electron chi connectivity index (χ3n) is 6.63. The summed E-state index contributed by atoms with van der Waals surface area (Å²) >= 11 is 15.1. The van der Waals surface area contributed by atoms with Crippen molar-refractivity contribution in [2.75, 3.05) is 42.3 Å². The minimum absolute atomic E-state index is 0.171. The van der Waals surface area contributed by atoms with E-state index in [9.17, 15) is 4.79 Å². The lowest BCUT2D eigenvalue weighted by Gasteiger charge is -2.36. The Labute approximate surface area is 238 Å². The number of halogens is 2. The van der Waals surface area contributed by atoms with Gasteiger partial charge < -0.3 is 19.7 Å². The Balaban J connectivity index is 1.36. The summed E-state index contributed by atoms with van der Waals surface area (Å²) < 4.78 is 12.7. The zero-order valence-electron chi connectivity index (χ0n) is 20.8. The number of anilines is 2. The Hall–Kier alpha value is -2.21. The fourth-order valence-electron chi connectivity index (χ4n) is 4.82. The van der Waals surface area contributed by atoms with E-state index < -0.39 is 0 Å². The van der Waals surface area contributed by atoms with Crippen molar-refractivity contribution < 1.29 is 14.3 Å². The van der Waals surface area contributed by atoms with Crippen LogP contribution in [0.1, 0.15) is 25.0 Å². The SMILES string of the molecule is CC1(C)Cc2c(c(N3CCOCC3)nc3sc4c(SCC(=O)Nc5ccc(Cl)cc5Cl)ncnc4c23)CO1. The maximum atomic E-state index is 12.7. The zero-order valence-corrected chi connectivity index (χ0v) is 24.0. The lowest BCUT2D eigenvalue weighted by molar-refractivity contribution is -0.113. The number of hydrogen-bond acceptors (Lipinski definition) is 9. The molecule has 12 heteroatoms. The number of thioether (sulfide) groups is 1. The summed E-state index contributed by atoms with van der Waals surface area (Å²) in [5.41, 5.74) is 3.48. The van der Waals surface area contributed by atoms with E-state index in [1.54, 1.807) is 35.9 Å². The van der Waals surface area contributed by atoms with Gasteiger partial charge in [0, 0.05) is 35.5 Å². The summed E-state index contributed by atoms with van der Waals surface area (Å²) in [5.74, 6) is 0.959. The molecular weight excluding hydrogens is 565 g/mol. The number of aromatic nitrogens is 3. The van der Waals surface area contributed by atoms with Gasteiger partial charge in [0.15, 0.2) is 0 Å². The Morgan fingerprint density at radius 1 is 1.21 bits per heavy atom. The van der Waals surface area contributed by atoms with Crippen LogP contribution in [0.25, 0.3) is 20.4 Å². The van der Waals surface area contributed by atoms with Gasteiger partial charge >= 0.3 is 0 Å². The molecule has 0 atom stereocenters. The number of pyridine rings is 1. The van der Waals surface area contributed by atoms with Crippen LogP contribution in [-0.2, 0) is 27.3 Å². The van der Waals surface area contributed by atoms with E-state index >= 15 is 0 Å². The third kappa shape index (κ3) is 5.05. The molecule has 5 heterocycles. The molecule has 0 aliphatic carbocycles. The van der Waals surface area contributed by atoms with Crippen LogP contribution in [0.2, 0.25) is 10.0 Å². The predicted molar refractivity (Wildman–Crippen MR) is 154 cm³/mol. The number of benzene rings is 1. The van der Waals surface area contributed by atoms with E-state index in [1.807, 2.05) is 0 Å². The Kier molecular flexibility index (Phi) is 7.13. The minimum atomic E-state index is -0.288. The normalized spacial score (nSPS) is 17.1. The number of nitrogens with one attached hydrogen (secondary N) is 1. The summed E-state index contributed by atoms with van der Waals surface area (Å²) in [4.78, 5) is 30.3. The first kappa shape index (κ1) is 26.0. The first-order valence-corrected chi connectivity index (χ1v) is 14.8. The number of morpholine rings is 1. The van der Waals surface area contributed by atoms with Gasteiger partial charge in [0.05, 0.1) is 52.1 Å². The van der Waals surface area contributed by atoms with Gasteiger partial charge in [-0.25, -0.2) is 15.0 Å². The number of hydrogen-bond donors (Lipinski definition) is 1. The van der Waals surface area contributed by atoms with Gasteiger partial charge in [-0.1, -0.05) is 35.0 Å². The lowest BCUT2D eigenvalue weighted by atomic mass is 9.90. The quantitative estimate of drug-likeness (QED) is 0.225. The van der Waals surface area contributed by atoms with Crippen molar-refractivity contribution in [3.05, 3.63) is 45.7 Å². The topological polar surface area (TPSA) is 89.5 Å². The molecule has 1 aromatic carbocycles. The second kappa shape index (κ2) is 10.4. The number of amides is 1. The van der Waals surface area contributed by atoms with Crippen molar-refractivity contribution >= 4 is 84.1 Å². The highest BCUT2D eigenvalue weighted by atomic mass is 35.5. The van der Waals surface area contributed by atoms with Crippen molar-refractivity contribution in [1.82, 2.24) is 15.0 Å². The number of carbonyl (C=O) groups excluding carboxylic acids is 1. The number of nitrogens with zero attached hydrogens (tertiary/aromatic N) is 4. The molecule has 1 N–H and O–H groups in total. The molecular formula is C26H25Cl2N5O3S2. The Morgan fingerprint density at radius 2 is 2.03 bits per heavy atom. The number of ether oxygens (including phenoxy) is 2. The van der Waals surface area contributed by atoms with Crippen molar-refractivity contribution in [3.8, 4) is 0 Å². The second-order valence-electron chi connectivity index (χ2n) is 9.82. The zero-order chi connectivity index (χ0) is 26.4. The third-order valence-corrected chi connectivity index (χ3v) is 9.38. The largest absolute Gasteiger partial charge is 0.378 e. The van der Waals surface area contributed by atoms with E-state index in [4.69, 9.17) is 37.7 Å². The van der Waals surface area contributed by atoms with Gasteiger partial charge in [0.25, 0.3) is 0 Å². The van der Waals surface area contributed by atoms with Gasteiger partial charge in [-0.2, -0.15) is 0 Å². The van der Waals surface area contributed by atoms with Crippen molar-refractivity contribution in [2.24, 2.45) is 0 Å². The summed E-state index contributed by atoms with van der Waals surface area (Å²) in [5, 5.41) is 5.57. The van der Waals surface area contributed by atoms with E-state index in [1.165, 1.54) is 17.3 Å². The van der Waals surface area contributed by atoms with E-state index in [-0.39, 0.29) is 17.3 Å². The molecule has 0 spiro atoms. The molecule has 1 fully saturated rings.